The Morgan fingerprint density at radius 3 is 2.38 bits per heavy atom. The van der Waals surface area contributed by atoms with Gasteiger partial charge in [0.25, 0.3) is 0 Å². The Labute approximate surface area is 141 Å². The maximum Gasteiger partial charge on any atom is 0.234 e. The highest BCUT2D eigenvalue weighted by Crippen LogP contribution is 2.23. The highest BCUT2D eigenvalue weighted by Gasteiger charge is 2.21. The molecule has 3 N–H and O–H groups in total. The quantitative estimate of drug-likeness (QED) is 0.504. The molecule has 2 aromatic rings. The molecule has 2 aromatic carbocycles. The van der Waals surface area contributed by atoms with Gasteiger partial charge in [-0.1, -0.05) is 30.3 Å². The van der Waals surface area contributed by atoms with Gasteiger partial charge in [0.05, 0.1) is 0 Å². The lowest BCUT2D eigenvalue weighted by Crippen LogP contribution is -2.49. The van der Waals surface area contributed by atoms with Crippen molar-refractivity contribution in [2.75, 3.05) is 31.1 Å². The average molecular weight is 326 g/mol. The Morgan fingerprint density at radius 2 is 1.67 bits per heavy atom. The summed E-state index contributed by atoms with van der Waals surface area (Å²) >= 11 is 0. The molecule has 1 saturated heterocycles. The van der Waals surface area contributed by atoms with Crippen molar-refractivity contribution in [2.24, 2.45) is 5.84 Å². The van der Waals surface area contributed by atoms with E-state index in [1.54, 1.807) is 0 Å². The molecule has 1 aliphatic rings. The largest absolute Gasteiger partial charge is 0.368 e. The maximum atomic E-state index is 12.1. The van der Waals surface area contributed by atoms with E-state index in [0.29, 0.717) is 13.1 Å². The minimum Gasteiger partial charge on any atom is -0.368 e. The molecule has 1 aliphatic heterocycles. The molecule has 6 heteroatoms. The summed E-state index contributed by atoms with van der Waals surface area (Å²) in [4.78, 5) is 27.4. The molecule has 0 bridgehead atoms. The number of nitrogens with two attached hydrogens (primary N) is 1. The van der Waals surface area contributed by atoms with E-state index in [9.17, 15) is 9.59 Å². The number of fused-ring (bicyclic) bond motifs is 1. The number of nitrogens with one attached hydrogen (secondary N) is 1. The summed E-state index contributed by atoms with van der Waals surface area (Å²) in [5, 5.41) is 2.45. The van der Waals surface area contributed by atoms with E-state index in [1.807, 2.05) is 22.5 Å². The second kappa shape index (κ2) is 7.31. The van der Waals surface area contributed by atoms with Crippen LogP contribution in [0.25, 0.3) is 10.8 Å². The van der Waals surface area contributed by atoms with Crippen molar-refractivity contribution in [3.8, 4) is 0 Å². The monoisotopic (exact) mass is 326 g/mol. The predicted molar refractivity (Wildman–Crippen MR) is 94.3 cm³/mol. The van der Waals surface area contributed by atoms with Crippen LogP contribution in [0.2, 0.25) is 0 Å². The zero-order valence-electron chi connectivity index (χ0n) is 13.6. The van der Waals surface area contributed by atoms with Crippen molar-refractivity contribution >= 4 is 28.3 Å². The molecule has 1 heterocycles. The number of carbonyl (C=O) groups excluding carboxylic acids is 2. The summed E-state index contributed by atoms with van der Waals surface area (Å²) in [7, 11) is 0. The Kier molecular flexibility index (Phi) is 4.96. The highest BCUT2D eigenvalue weighted by atomic mass is 16.2. The smallest absolute Gasteiger partial charge is 0.234 e. The van der Waals surface area contributed by atoms with E-state index in [0.717, 1.165) is 13.1 Å². The van der Waals surface area contributed by atoms with Crippen LogP contribution in [0, 0.1) is 0 Å². The van der Waals surface area contributed by atoms with Gasteiger partial charge in [0.1, 0.15) is 0 Å². The van der Waals surface area contributed by atoms with E-state index in [4.69, 9.17) is 5.84 Å². The summed E-state index contributed by atoms with van der Waals surface area (Å²) in [6.45, 7) is 2.95. The molecule has 1 fully saturated rings. The standard InChI is InChI=1S/C18H22N4O2/c19-20-17(23)7-8-18(24)22-11-9-21(10-12-22)16-6-5-14-3-1-2-4-15(14)13-16/h1-6,13H,7-12,19H2,(H,20,23). The number of anilines is 1. The number of hydrogen-bond donors (Lipinski definition) is 2. The van der Waals surface area contributed by atoms with Crippen molar-refractivity contribution < 1.29 is 9.59 Å². The van der Waals surface area contributed by atoms with Crippen molar-refractivity contribution in [2.45, 2.75) is 12.8 Å². The number of hydrazine groups is 1. The maximum absolute atomic E-state index is 12.1. The molecular weight excluding hydrogens is 304 g/mol. The number of piperazine rings is 1. The fraction of sp³-hybridized carbons (Fsp3) is 0.333. The second-order valence-corrected chi connectivity index (χ2v) is 5.97. The molecule has 0 aliphatic carbocycles. The van der Waals surface area contributed by atoms with Crippen LogP contribution in [0.4, 0.5) is 5.69 Å². The zero-order chi connectivity index (χ0) is 16.9. The Hall–Kier alpha value is -2.60. The molecule has 0 unspecified atom stereocenters. The van der Waals surface area contributed by atoms with Crippen LogP contribution >= 0.6 is 0 Å². The zero-order valence-corrected chi connectivity index (χ0v) is 13.6. The lowest BCUT2D eigenvalue weighted by molar-refractivity contribution is -0.133. The third-order valence-corrected chi connectivity index (χ3v) is 4.46. The van der Waals surface area contributed by atoms with Gasteiger partial charge in [0.2, 0.25) is 11.8 Å². The van der Waals surface area contributed by atoms with Gasteiger partial charge in [-0.15, -0.1) is 0 Å². The highest BCUT2D eigenvalue weighted by molar-refractivity contribution is 5.86. The van der Waals surface area contributed by atoms with Crippen LogP contribution < -0.4 is 16.2 Å². The van der Waals surface area contributed by atoms with E-state index in [-0.39, 0.29) is 24.7 Å². The normalized spacial score (nSPS) is 14.7. The molecule has 0 saturated carbocycles. The Balaban J connectivity index is 1.57. The Bertz CT molecular complexity index is 739. The van der Waals surface area contributed by atoms with Crippen LogP contribution in [-0.4, -0.2) is 42.9 Å². The summed E-state index contributed by atoms with van der Waals surface area (Å²) in [6, 6.07) is 14.8. The Morgan fingerprint density at radius 1 is 0.958 bits per heavy atom. The molecule has 6 nitrogen and oxygen atoms in total. The number of carbonyl (C=O) groups is 2. The number of hydrogen-bond acceptors (Lipinski definition) is 4. The van der Waals surface area contributed by atoms with Gasteiger partial charge in [-0.05, 0) is 22.9 Å². The summed E-state index contributed by atoms with van der Waals surface area (Å²) in [5.41, 5.74) is 3.23. The third-order valence-electron chi connectivity index (χ3n) is 4.46. The lowest BCUT2D eigenvalue weighted by atomic mass is 10.1. The van der Waals surface area contributed by atoms with Gasteiger partial charge in [0.15, 0.2) is 0 Å². The van der Waals surface area contributed by atoms with Crippen molar-refractivity contribution in [1.82, 2.24) is 10.3 Å². The van der Waals surface area contributed by atoms with Crippen LogP contribution in [0.15, 0.2) is 42.5 Å². The summed E-state index contributed by atoms with van der Waals surface area (Å²) in [5.74, 6) is 4.73. The summed E-state index contributed by atoms with van der Waals surface area (Å²) in [6.07, 6.45) is 0.346. The first-order chi connectivity index (χ1) is 11.7. The molecule has 0 atom stereocenters. The third kappa shape index (κ3) is 3.65. The van der Waals surface area contributed by atoms with Crippen molar-refractivity contribution in [1.29, 1.82) is 0 Å². The molecule has 3 rings (SSSR count). The molecule has 0 aromatic heterocycles. The van der Waals surface area contributed by atoms with Gasteiger partial charge in [-0.2, -0.15) is 0 Å². The second-order valence-electron chi connectivity index (χ2n) is 5.97. The van der Waals surface area contributed by atoms with Gasteiger partial charge in [-0.25, -0.2) is 5.84 Å². The molecular formula is C18H22N4O2. The molecule has 126 valence electrons. The minimum absolute atomic E-state index is 0.0109. The van der Waals surface area contributed by atoms with Gasteiger partial charge < -0.3 is 9.80 Å². The molecule has 0 spiro atoms. The van der Waals surface area contributed by atoms with Gasteiger partial charge >= 0.3 is 0 Å². The van der Waals surface area contributed by atoms with Crippen molar-refractivity contribution in [3.05, 3.63) is 42.5 Å². The van der Waals surface area contributed by atoms with Crippen LogP contribution in [0.5, 0.6) is 0 Å². The van der Waals surface area contributed by atoms with Crippen molar-refractivity contribution in [3.63, 3.8) is 0 Å². The van der Waals surface area contributed by atoms with E-state index in [1.165, 1.54) is 16.5 Å². The number of benzene rings is 2. The van der Waals surface area contributed by atoms with E-state index in [2.05, 4.69) is 35.2 Å². The van der Waals surface area contributed by atoms with Crippen LogP contribution in [0.3, 0.4) is 0 Å². The number of rotatable bonds is 4. The summed E-state index contributed by atoms with van der Waals surface area (Å²) < 4.78 is 0. The molecule has 2 amide bonds. The first kappa shape index (κ1) is 16.3. The van der Waals surface area contributed by atoms with Gasteiger partial charge in [-0.3, -0.25) is 15.0 Å². The van der Waals surface area contributed by atoms with E-state index < -0.39 is 0 Å². The predicted octanol–water partition coefficient (Wildman–Crippen LogP) is 1.26. The first-order valence-electron chi connectivity index (χ1n) is 8.18. The molecule has 24 heavy (non-hydrogen) atoms. The number of nitrogens with zero attached hydrogens (tertiary/aromatic N) is 2. The first-order valence-corrected chi connectivity index (χ1v) is 8.18. The fourth-order valence-corrected chi connectivity index (χ4v) is 3.04. The fourth-order valence-electron chi connectivity index (χ4n) is 3.04. The SMILES string of the molecule is NNC(=O)CCC(=O)N1CCN(c2ccc3ccccc3c2)CC1. The molecule has 0 radical (unpaired) electrons. The number of amides is 2. The van der Waals surface area contributed by atoms with E-state index >= 15 is 0 Å². The van der Waals surface area contributed by atoms with Crippen LogP contribution in [0.1, 0.15) is 12.8 Å². The van der Waals surface area contributed by atoms with Gasteiger partial charge in [0, 0.05) is 44.7 Å². The lowest BCUT2D eigenvalue weighted by Gasteiger charge is -2.36. The van der Waals surface area contributed by atoms with Crippen LogP contribution in [-0.2, 0) is 9.59 Å². The minimum atomic E-state index is -0.307. The topological polar surface area (TPSA) is 78.7 Å². The average Bonchev–Trinajstić information content (AvgIpc) is 2.65.